The largest absolute Gasteiger partial charge is 0.495 e. The van der Waals surface area contributed by atoms with Gasteiger partial charge >= 0.3 is 0 Å². The molecule has 1 fully saturated rings. The summed E-state index contributed by atoms with van der Waals surface area (Å²) >= 11 is 0. The third-order valence-corrected chi connectivity index (χ3v) is 4.05. The van der Waals surface area contributed by atoms with Crippen molar-refractivity contribution in [1.82, 2.24) is 4.98 Å². The first-order chi connectivity index (χ1) is 11.3. The Kier molecular flexibility index (Phi) is 4.76. The lowest BCUT2D eigenvalue weighted by Gasteiger charge is -2.28. The van der Waals surface area contributed by atoms with Gasteiger partial charge in [-0.25, -0.2) is 0 Å². The summed E-state index contributed by atoms with van der Waals surface area (Å²) in [5.41, 5.74) is 2.12. The number of nitrogens with zero attached hydrogens (tertiary/aromatic N) is 2. The topological polar surface area (TPSA) is 54.5 Å². The number of hydrogen-bond acceptors (Lipinski definition) is 4. The number of para-hydroxylation sites is 2. The maximum Gasteiger partial charge on any atom is 0.274 e. The second kappa shape index (κ2) is 7.13. The van der Waals surface area contributed by atoms with Gasteiger partial charge in [-0.05, 0) is 43.5 Å². The van der Waals surface area contributed by atoms with Crippen molar-refractivity contribution in [3.8, 4) is 5.75 Å². The van der Waals surface area contributed by atoms with E-state index in [1.807, 2.05) is 36.4 Å². The molecular weight excluding hydrogens is 290 g/mol. The second-order valence-corrected chi connectivity index (χ2v) is 5.60. The predicted octanol–water partition coefficient (Wildman–Crippen LogP) is 3.33. The molecule has 3 rings (SSSR count). The van der Waals surface area contributed by atoms with Gasteiger partial charge in [0.15, 0.2) is 0 Å². The van der Waals surface area contributed by atoms with Crippen LogP contribution in [-0.2, 0) is 0 Å². The molecule has 0 unspecified atom stereocenters. The molecular formula is C18H21N3O2. The second-order valence-electron chi connectivity index (χ2n) is 5.60. The smallest absolute Gasteiger partial charge is 0.274 e. The van der Waals surface area contributed by atoms with Crippen LogP contribution in [0.5, 0.6) is 5.75 Å². The van der Waals surface area contributed by atoms with Crippen molar-refractivity contribution in [3.63, 3.8) is 0 Å². The molecule has 2 aromatic rings. The lowest BCUT2D eigenvalue weighted by atomic mass is 10.1. The third kappa shape index (κ3) is 3.62. The normalized spacial score (nSPS) is 14.4. The number of carbonyl (C=O) groups excluding carboxylic acids is 1. The van der Waals surface area contributed by atoms with Gasteiger partial charge in [0.1, 0.15) is 11.4 Å². The van der Waals surface area contributed by atoms with Gasteiger partial charge in [-0.3, -0.25) is 9.78 Å². The van der Waals surface area contributed by atoms with E-state index in [0.717, 1.165) is 18.8 Å². The molecule has 5 heteroatoms. The number of ether oxygens (including phenoxy) is 1. The molecule has 5 nitrogen and oxygen atoms in total. The molecule has 0 aliphatic carbocycles. The first-order valence-electron chi connectivity index (χ1n) is 7.93. The quantitative estimate of drug-likeness (QED) is 0.941. The maximum atomic E-state index is 12.5. The van der Waals surface area contributed by atoms with E-state index in [-0.39, 0.29) is 5.91 Å². The Labute approximate surface area is 136 Å². The van der Waals surface area contributed by atoms with E-state index < -0.39 is 0 Å². The molecule has 120 valence electrons. The van der Waals surface area contributed by atoms with Crippen molar-refractivity contribution in [1.29, 1.82) is 0 Å². The third-order valence-electron chi connectivity index (χ3n) is 4.05. The minimum Gasteiger partial charge on any atom is -0.495 e. The number of rotatable bonds is 4. The van der Waals surface area contributed by atoms with Gasteiger partial charge in [-0.2, -0.15) is 0 Å². The fraction of sp³-hybridized carbons (Fsp3) is 0.333. The Bertz CT molecular complexity index is 681. The summed E-state index contributed by atoms with van der Waals surface area (Å²) in [6.07, 6.45) is 5.37. The Morgan fingerprint density at radius 1 is 1.17 bits per heavy atom. The summed E-state index contributed by atoms with van der Waals surface area (Å²) in [7, 11) is 1.58. The summed E-state index contributed by atoms with van der Waals surface area (Å²) in [4.78, 5) is 19.0. The van der Waals surface area contributed by atoms with Crippen LogP contribution in [0.25, 0.3) is 0 Å². The standard InChI is InChI=1S/C18H21N3O2/c1-23-17-8-4-3-7-15(17)20-18(22)16-13-14(9-10-19-16)21-11-5-2-6-12-21/h3-4,7-10,13H,2,5-6,11-12H2,1H3,(H,20,22). The highest BCUT2D eigenvalue weighted by Gasteiger charge is 2.15. The Morgan fingerprint density at radius 3 is 2.74 bits per heavy atom. The van der Waals surface area contributed by atoms with E-state index in [4.69, 9.17) is 4.74 Å². The number of hydrogen-bond donors (Lipinski definition) is 1. The van der Waals surface area contributed by atoms with Gasteiger partial charge in [0.2, 0.25) is 0 Å². The van der Waals surface area contributed by atoms with Gasteiger partial charge in [0.05, 0.1) is 12.8 Å². The van der Waals surface area contributed by atoms with E-state index >= 15 is 0 Å². The number of methoxy groups -OCH3 is 1. The predicted molar refractivity (Wildman–Crippen MR) is 91.2 cm³/mol. The molecule has 0 atom stereocenters. The SMILES string of the molecule is COc1ccccc1NC(=O)c1cc(N2CCCCC2)ccn1. The van der Waals surface area contributed by atoms with Crippen LogP contribution >= 0.6 is 0 Å². The van der Waals surface area contributed by atoms with Crippen LogP contribution in [0.3, 0.4) is 0 Å². The Hall–Kier alpha value is -2.56. The number of piperidine rings is 1. The van der Waals surface area contributed by atoms with E-state index in [1.54, 1.807) is 13.3 Å². The summed E-state index contributed by atoms with van der Waals surface area (Å²) in [6.45, 7) is 2.08. The van der Waals surface area contributed by atoms with Gasteiger partial charge < -0.3 is 15.0 Å². The van der Waals surface area contributed by atoms with Crippen molar-refractivity contribution in [2.24, 2.45) is 0 Å². The lowest BCUT2D eigenvalue weighted by Crippen LogP contribution is -2.29. The van der Waals surface area contributed by atoms with Crippen molar-refractivity contribution < 1.29 is 9.53 Å². The summed E-state index contributed by atoms with van der Waals surface area (Å²) in [5.74, 6) is 0.404. The van der Waals surface area contributed by atoms with Crippen molar-refractivity contribution >= 4 is 17.3 Å². The van der Waals surface area contributed by atoms with E-state index in [2.05, 4.69) is 15.2 Å². The molecule has 23 heavy (non-hydrogen) atoms. The average Bonchev–Trinajstić information content (AvgIpc) is 2.63. The molecule has 0 radical (unpaired) electrons. The number of anilines is 2. The van der Waals surface area contributed by atoms with Crippen molar-refractivity contribution in [2.45, 2.75) is 19.3 Å². The van der Waals surface area contributed by atoms with Crippen molar-refractivity contribution in [2.75, 3.05) is 30.4 Å². The molecule has 1 saturated heterocycles. The Morgan fingerprint density at radius 2 is 1.96 bits per heavy atom. The molecule has 1 amide bonds. The number of carbonyl (C=O) groups is 1. The number of benzene rings is 1. The molecule has 1 aromatic heterocycles. The molecule has 1 aliphatic rings. The molecule has 0 bridgehead atoms. The van der Waals surface area contributed by atoms with Crippen molar-refractivity contribution in [3.05, 3.63) is 48.3 Å². The fourth-order valence-corrected chi connectivity index (χ4v) is 2.83. The number of nitrogens with one attached hydrogen (secondary N) is 1. The van der Waals surface area contributed by atoms with Crippen LogP contribution in [0.4, 0.5) is 11.4 Å². The van der Waals surface area contributed by atoms with Crippen LogP contribution in [0.1, 0.15) is 29.8 Å². The lowest BCUT2D eigenvalue weighted by molar-refractivity contribution is 0.102. The fourth-order valence-electron chi connectivity index (χ4n) is 2.83. The van der Waals surface area contributed by atoms with Gasteiger partial charge in [0.25, 0.3) is 5.91 Å². The molecule has 1 aromatic carbocycles. The highest BCUT2D eigenvalue weighted by atomic mass is 16.5. The first-order valence-corrected chi connectivity index (χ1v) is 7.93. The van der Waals surface area contributed by atoms with Gasteiger partial charge in [0, 0.05) is 25.0 Å². The zero-order chi connectivity index (χ0) is 16.1. The van der Waals surface area contributed by atoms with E-state index in [1.165, 1.54) is 19.3 Å². The minimum absolute atomic E-state index is 0.228. The van der Waals surface area contributed by atoms with Crippen LogP contribution < -0.4 is 15.0 Å². The number of aromatic nitrogens is 1. The van der Waals surface area contributed by atoms with Gasteiger partial charge in [-0.1, -0.05) is 12.1 Å². The van der Waals surface area contributed by atoms with E-state index in [9.17, 15) is 4.79 Å². The summed E-state index contributed by atoms with van der Waals surface area (Å²) in [5, 5.41) is 2.86. The van der Waals surface area contributed by atoms with Crippen LogP contribution in [-0.4, -0.2) is 31.1 Å². The average molecular weight is 311 g/mol. The highest BCUT2D eigenvalue weighted by Crippen LogP contribution is 2.24. The Balaban J connectivity index is 1.77. The van der Waals surface area contributed by atoms with E-state index in [0.29, 0.717) is 17.1 Å². The van der Waals surface area contributed by atoms with Crippen LogP contribution in [0, 0.1) is 0 Å². The van der Waals surface area contributed by atoms with Gasteiger partial charge in [-0.15, -0.1) is 0 Å². The van der Waals surface area contributed by atoms with Crippen LogP contribution in [0.2, 0.25) is 0 Å². The summed E-state index contributed by atoms with van der Waals surface area (Å²) < 4.78 is 5.26. The maximum absolute atomic E-state index is 12.5. The monoisotopic (exact) mass is 311 g/mol. The highest BCUT2D eigenvalue weighted by molar-refractivity contribution is 6.04. The molecule has 1 N–H and O–H groups in total. The molecule has 2 heterocycles. The molecule has 0 spiro atoms. The number of pyridine rings is 1. The zero-order valence-electron chi connectivity index (χ0n) is 13.3. The first kappa shape index (κ1) is 15.3. The zero-order valence-corrected chi connectivity index (χ0v) is 13.3. The number of amides is 1. The molecule has 0 saturated carbocycles. The summed E-state index contributed by atoms with van der Waals surface area (Å²) in [6, 6.07) is 11.2. The molecule has 1 aliphatic heterocycles. The van der Waals surface area contributed by atoms with Crippen LogP contribution in [0.15, 0.2) is 42.6 Å². The minimum atomic E-state index is -0.228.